The van der Waals surface area contributed by atoms with Crippen LogP contribution in [0.4, 0.5) is 5.82 Å². The summed E-state index contributed by atoms with van der Waals surface area (Å²) in [7, 11) is 0. The molecule has 4 heteroatoms. The Hall–Kier alpha value is -2.54. The first-order valence-electron chi connectivity index (χ1n) is 5.13. The van der Waals surface area contributed by atoms with Crippen LogP contribution in [0.5, 0.6) is 0 Å². The lowest BCUT2D eigenvalue weighted by Crippen LogP contribution is -2.35. The molecular weight excluding hydrogens is 214 g/mol. The average Bonchev–Trinajstić information content (AvgIpc) is 2.36. The maximum absolute atomic E-state index is 11.6. The molecule has 1 aromatic heterocycles. The number of aromatic nitrogens is 1. The molecule has 1 heterocycles. The zero-order chi connectivity index (χ0) is 12.4. The standard InChI is InChI=1S/C13H11N3O/c1-9-7-11(10-5-3-2-4-6-10)12(8-14)13(15)16(9)17/h2-7H,15H2,1H3. The molecule has 0 spiro atoms. The minimum Gasteiger partial charge on any atom is -0.710 e. The van der Waals surface area contributed by atoms with E-state index in [2.05, 4.69) is 0 Å². The summed E-state index contributed by atoms with van der Waals surface area (Å²) in [5.74, 6) is -0.0497. The number of aryl methyl sites for hydroxylation is 1. The lowest BCUT2D eigenvalue weighted by molar-refractivity contribution is -0.596. The van der Waals surface area contributed by atoms with Crippen LogP contribution in [-0.2, 0) is 0 Å². The second kappa shape index (κ2) is 4.14. The maximum atomic E-state index is 11.6. The number of hydrogen-bond donors (Lipinski definition) is 1. The number of nitrogens with two attached hydrogens (primary N) is 1. The molecule has 84 valence electrons. The molecule has 0 bridgehead atoms. The molecule has 0 saturated carbocycles. The van der Waals surface area contributed by atoms with E-state index in [1.165, 1.54) is 0 Å². The zero-order valence-electron chi connectivity index (χ0n) is 9.34. The lowest BCUT2D eigenvalue weighted by Gasteiger charge is -2.13. The van der Waals surface area contributed by atoms with Crippen molar-refractivity contribution in [3.05, 3.63) is 52.9 Å². The van der Waals surface area contributed by atoms with Crippen LogP contribution in [0.25, 0.3) is 11.1 Å². The van der Waals surface area contributed by atoms with Gasteiger partial charge in [0.1, 0.15) is 17.3 Å². The summed E-state index contributed by atoms with van der Waals surface area (Å²) in [6.45, 7) is 1.66. The van der Waals surface area contributed by atoms with Crippen LogP contribution in [0.3, 0.4) is 0 Å². The van der Waals surface area contributed by atoms with Crippen molar-refractivity contribution in [1.82, 2.24) is 0 Å². The number of hydrogen-bond acceptors (Lipinski definition) is 3. The molecule has 17 heavy (non-hydrogen) atoms. The molecule has 4 nitrogen and oxygen atoms in total. The highest BCUT2D eigenvalue weighted by atomic mass is 16.5. The Labute approximate surface area is 99.1 Å². The first-order valence-corrected chi connectivity index (χ1v) is 5.13. The van der Waals surface area contributed by atoms with Gasteiger partial charge < -0.3 is 5.21 Å². The fraction of sp³-hybridized carbons (Fsp3) is 0.0769. The molecule has 0 aliphatic heterocycles. The summed E-state index contributed by atoms with van der Waals surface area (Å²) in [5, 5.41) is 20.7. The topological polar surface area (TPSA) is 76.8 Å². The van der Waals surface area contributed by atoms with Crippen molar-refractivity contribution >= 4 is 5.82 Å². The Bertz CT molecular complexity index is 600. The average molecular weight is 225 g/mol. The maximum Gasteiger partial charge on any atom is 0.294 e. The molecule has 1 aromatic carbocycles. The van der Waals surface area contributed by atoms with Crippen molar-refractivity contribution < 1.29 is 4.73 Å². The molecule has 0 unspecified atom stereocenters. The van der Waals surface area contributed by atoms with Crippen molar-refractivity contribution in [2.45, 2.75) is 6.92 Å². The molecule has 0 aliphatic rings. The molecule has 0 saturated heterocycles. The third kappa shape index (κ3) is 1.79. The largest absolute Gasteiger partial charge is 0.710 e. The quantitative estimate of drug-likeness (QED) is 0.593. The summed E-state index contributed by atoms with van der Waals surface area (Å²) < 4.78 is 0.574. The Balaban J connectivity index is 2.76. The second-order valence-electron chi connectivity index (χ2n) is 3.73. The van der Waals surface area contributed by atoms with Crippen molar-refractivity contribution in [1.29, 1.82) is 5.26 Å². The summed E-state index contributed by atoms with van der Waals surface area (Å²) in [6.07, 6.45) is 0. The smallest absolute Gasteiger partial charge is 0.294 e. The highest BCUT2D eigenvalue weighted by Gasteiger charge is 2.16. The van der Waals surface area contributed by atoms with Crippen LogP contribution in [0.15, 0.2) is 36.4 Å². The van der Waals surface area contributed by atoms with E-state index in [0.717, 1.165) is 5.56 Å². The molecule has 2 aromatic rings. The van der Waals surface area contributed by atoms with Gasteiger partial charge in [-0.25, -0.2) is 4.73 Å². The van der Waals surface area contributed by atoms with Crippen LogP contribution in [0.1, 0.15) is 11.3 Å². The molecule has 2 rings (SSSR count). The van der Waals surface area contributed by atoms with Gasteiger partial charge in [-0.05, 0) is 18.6 Å². The van der Waals surface area contributed by atoms with Crippen molar-refractivity contribution in [3.63, 3.8) is 0 Å². The van der Waals surface area contributed by atoms with E-state index in [1.807, 2.05) is 36.4 Å². The van der Waals surface area contributed by atoms with Gasteiger partial charge >= 0.3 is 0 Å². The Morgan fingerprint density at radius 3 is 2.53 bits per heavy atom. The second-order valence-corrected chi connectivity index (χ2v) is 3.73. The summed E-state index contributed by atoms with van der Waals surface area (Å²) in [5.41, 5.74) is 7.92. The van der Waals surface area contributed by atoms with Gasteiger partial charge in [0.2, 0.25) is 0 Å². The van der Waals surface area contributed by atoms with Gasteiger partial charge in [0.15, 0.2) is 0 Å². The zero-order valence-corrected chi connectivity index (χ0v) is 9.34. The molecule has 0 amide bonds. The van der Waals surface area contributed by atoms with Gasteiger partial charge in [-0.3, -0.25) is 5.73 Å². The van der Waals surface area contributed by atoms with E-state index in [9.17, 15) is 5.21 Å². The van der Waals surface area contributed by atoms with Crippen LogP contribution in [-0.4, -0.2) is 0 Å². The molecule has 0 atom stereocenters. The van der Waals surface area contributed by atoms with Crippen molar-refractivity contribution in [3.8, 4) is 17.2 Å². The predicted molar refractivity (Wildman–Crippen MR) is 64.7 cm³/mol. The number of nitrogens with zero attached hydrogens (tertiary/aromatic N) is 2. The third-order valence-electron chi connectivity index (χ3n) is 2.61. The Morgan fingerprint density at radius 1 is 1.29 bits per heavy atom. The minimum atomic E-state index is -0.0497. The SMILES string of the molecule is Cc1cc(-c2ccccc2)c(C#N)c(N)[n+]1[O-]. The fourth-order valence-corrected chi connectivity index (χ4v) is 1.73. The first-order chi connectivity index (χ1) is 8.15. The number of benzene rings is 1. The number of nitrogen functional groups attached to an aromatic ring is 1. The van der Waals surface area contributed by atoms with Gasteiger partial charge in [-0.1, -0.05) is 30.3 Å². The van der Waals surface area contributed by atoms with Gasteiger partial charge in [-0.15, -0.1) is 0 Å². The van der Waals surface area contributed by atoms with E-state index in [-0.39, 0.29) is 11.4 Å². The fourth-order valence-electron chi connectivity index (χ4n) is 1.73. The number of pyridine rings is 1. The number of anilines is 1. The van der Waals surface area contributed by atoms with Gasteiger partial charge in [-0.2, -0.15) is 5.26 Å². The first kappa shape index (κ1) is 11.0. The van der Waals surface area contributed by atoms with E-state index in [0.29, 0.717) is 16.0 Å². The molecule has 0 fully saturated rings. The van der Waals surface area contributed by atoms with Crippen molar-refractivity contribution in [2.75, 3.05) is 5.73 Å². The van der Waals surface area contributed by atoms with Gasteiger partial charge in [0.25, 0.3) is 5.82 Å². The normalized spacial score (nSPS) is 9.88. The molecule has 2 N–H and O–H groups in total. The van der Waals surface area contributed by atoms with E-state index in [4.69, 9.17) is 11.0 Å². The van der Waals surface area contributed by atoms with E-state index >= 15 is 0 Å². The third-order valence-corrected chi connectivity index (χ3v) is 2.61. The predicted octanol–water partition coefficient (Wildman–Crippen LogP) is 1.75. The summed E-state index contributed by atoms with van der Waals surface area (Å²) in [4.78, 5) is 0. The highest BCUT2D eigenvalue weighted by Crippen LogP contribution is 2.25. The van der Waals surface area contributed by atoms with Crippen LogP contribution in [0, 0.1) is 23.5 Å². The Kier molecular flexibility index (Phi) is 2.67. The number of rotatable bonds is 1. The van der Waals surface area contributed by atoms with Gasteiger partial charge in [0.05, 0.1) is 0 Å². The van der Waals surface area contributed by atoms with Gasteiger partial charge in [0, 0.05) is 5.56 Å². The van der Waals surface area contributed by atoms with Crippen LogP contribution in [0.2, 0.25) is 0 Å². The molecule has 0 radical (unpaired) electrons. The van der Waals surface area contributed by atoms with Crippen molar-refractivity contribution in [2.24, 2.45) is 0 Å². The van der Waals surface area contributed by atoms with E-state index < -0.39 is 0 Å². The van der Waals surface area contributed by atoms with Crippen LogP contribution >= 0.6 is 0 Å². The minimum absolute atomic E-state index is 0.0497. The summed E-state index contributed by atoms with van der Waals surface area (Å²) >= 11 is 0. The van der Waals surface area contributed by atoms with Crippen LogP contribution < -0.4 is 10.5 Å². The monoisotopic (exact) mass is 225 g/mol. The van der Waals surface area contributed by atoms with E-state index in [1.54, 1.807) is 13.0 Å². The lowest BCUT2D eigenvalue weighted by atomic mass is 10.0. The molecule has 0 aliphatic carbocycles. The summed E-state index contributed by atoms with van der Waals surface area (Å²) in [6, 6.07) is 13.1. The molecular formula is C13H11N3O. The number of nitriles is 1. The highest BCUT2D eigenvalue weighted by molar-refractivity contribution is 5.74. The Morgan fingerprint density at radius 2 is 1.94 bits per heavy atom.